The summed E-state index contributed by atoms with van der Waals surface area (Å²) in [5.74, 6) is 0.805. The maximum Gasteiger partial charge on any atom is 0.126 e. The Morgan fingerprint density at radius 2 is 2.06 bits per heavy atom. The van der Waals surface area contributed by atoms with Gasteiger partial charge >= 0.3 is 0 Å². The zero-order valence-electron chi connectivity index (χ0n) is 11.4. The first-order valence-corrected chi connectivity index (χ1v) is 6.39. The minimum absolute atomic E-state index is 0.300. The van der Waals surface area contributed by atoms with E-state index in [-0.39, 0.29) is 0 Å². The van der Waals surface area contributed by atoms with Gasteiger partial charge in [-0.3, -0.25) is 0 Å². The molecule has 0 amide bonds. The number of ether oxygens (including phenoxy) is 1. The fraction of sp³-hybridized carbons (Fsp3) is 0.467. The summed E-state index contributed by atoms with van der Waals surface area (Å²) in [6.45, 7) is 6.92. The second kappa shape index (κ2) is 7.90. The molecule has 3 heteroatoms. The van der Waals surface area contributed by atoms with Crippen LogP contribution < -0.4 is 10.1 Å². The van der Waals surface area contributed by atoms with Crippen LogP contribution in [0.5, 0.6) is 5.75 Å². The van der Waals surface area contributed by atoms with Gasteiger partial charge in [0.05, 0.1) is 0 Å². The van der Waals surface area contributed by atoms with Gasteiger partial charge in [-0.05, 0) is 13.0 Å². The number of aliphatic hydroxyl groups is 1. The number of nitrogens with one attached hydrogen (secondary N) is 1. The lowest BCUT2D eigenvalue weighted by Gasteiger charge is -2.16. The number of aliphatic hydroxyl groups excluding tert-OH is 1. The lowest BCUT2D eigenvalue weighted by Crippen LogP contribution is -2.35. The number of para-hydroxylation sites is 1. The summed E-state index contributed by atoms with van der Waals surface area (Å²) in [6.07, 6.45) is 3.47. The highest BCUT2D eigenvalue weighted by Crippen LogP contribution is 2.19. The van der Waals surface area contributed by atoms with Gasteiger partial charge in [-0.15, -0.1) is 0 Å². The van der Waals surface area contributed by atoms with Crippen LogP contribution in [0.2, 0.25) is 0 Å². The quantitative estimate of drug-likeness (QED) is 0.780. The van der Waals surface area contributed by atoms with Gasteiger partial charge < -0.3 is 15.2 Å². The summed E-state index contributed by atoms with van der Waals surface area (Å²) in [5.41, 5.74) is 1.03. The van der Waals surface area contributed by atoms with E-state index in [0.717, 1.165) is 11.3 Å². The Morgan fingerprint density at radius 3 is 2.72 bits per heavy atom. The van der Waals surface area contributed by atoms with E-state index in [1.165, 1.54) is 0 Å². The van der Waals surface area contributed by atoms with Gasteiger partial charge in [0.15, 0.2) is 0 Å². The zero-order valence-corrected chi connectivity index (χ0v) is 11.4. The molecule has 0 spiro atoms. The highest BCUT2D eigenvalue weighted by molar-refractivity contribution is 5.56. The van der Waals surface area contributed by atoms with Crippen LogP contribution in [0.1, 0.15) is 26.3 Å². The lowest BCUT2D eigenvalue weighted by molar-refractivity contribution is 0.104. The Balaban J connectivity index is 2.47. The van der Waals surface area contributed by atoms with Crippen molar-refractivity contribution in [3.8, 4) is 5.75 Å². The second-order valence-electron chi connectivity index (χ2n) is 4.57. The topological polar surface area (TPSA) is 41.5 Å². The van der Waals surface area contributed by atoms with Crippen LogP contribution in [0, 0.1) is 0 Å². The third-order valence-corrected chi connectivity index (χ3v) is 2.46. The molecule has 0 saturated carbocycles. The molecule has 0 aliphatic heterocycles. The predicted molar refractivity (Wildman–Crippen MR) is 75.8 cm³/mol. The molecule has 0 fully saturated rings. The molecule has 0 aromatic heterocycles. The van der Waals surface area contributed by atoms with Gasteiger partial charge in [0.1, 0.15) is 18.5 Å². The molecular weight excluding hydrogens is 226 g/mol. The van der Waals surface area contributed by atoms with E-state index in [4.69, 9.17) is 4.74 Å². The van der Waals surface area contributed by atoms with Crippen LogP contribution >= 0.6 is 0 Å². The maximum atomic E-state index is 9.77. The van der Waals surface area contributed by atoms with Crippen LogP contribution in [-0.2, 0) is 0 Å². The van der Waals surface area contributed by atoms with Crippen molar-refractivity contribution in [2.75, 3.05) is 13.2 Å². The minimum atomic E-state index is -0.494. The molecule has 0 aliphatic rings. The van der Waals surface area contributed by atoms with Crippen LogP contribution in [0.3, 0.4) is 0 Å². The molecule has 1 aromatic carbocycles. The van der Waals surface area contributed by atoms with Crippen LogP contribution in [-0.4, -0.2) is 30.4 Å². The van der Waals surface area contributed by atoms with Gasteiger partial charge in [0, 0.05) is 18.2 Å². The first kappa shape index (κ1) is 14.7. The van der Waals surface area contributed by atoms with Crippen LogP contribution in [0.15, 0.2) is 30.3 Å². The van der Waals surface area contributed by atoms with E-state index in [9.17, 15) is 5.11 Å². The number of hydrogen-bond donors (Lipinski definition) is 2. The van der Waals surface area contributed by atoms with E-state index in [0.29, 0.717) is 19.2 Å². The number of allylic oxidation sites excluding steroid dienone is 1. The fourth-order valence-electron chi connectivity index (χ4n) is 1.55. The molecular formula is C15H23NO2. The molecule has 0 bridgehead atoms. The summed E-state index contributed by atoms with van der Waals surface area (Å²) in [5, 5.41) is 13.0. The molecule has 1 atom stereocenters. The molecule has 2 N–H and O–H groups in total. The molecule has 1 aromatic rings. The Bertz CT molecular complexity index is 375. The second-order valence-corrected chi connectivity index (χ2v) is 4.57. The SMILES string of the molecule is CC=Cc1ccccc1OCC(O)CNC(C)C. The molecule has 18 heavy (non-hydrogen) atoms. The molecule has 3 nitrogen and oxygen atoms in total. The van der Waals surface area contributed by atoms with E-state index in [1.807, 2.05) is 43.3 Å². The third kappa shape index (κ3) is 5.34. The smallest absolute Gasteiger partial charge is 0.126 e. The van der Waals surface area contributed by atoms with E-state index in [1.54, 1.807) is 0 Å². The average molecular weight is 249 g/mol. The van der Waals surface area contributed by atoms with Gasteiger partial charge in [0.2, 0.25) is 0 Å². The molecule has 1 unspecified atom stereocenters. The molecule has 0 heterocycles. The van der Waals surface area contributed by atoms with E-state index in [2.05, 4.69) is 19.2 Å². The van der Waals surface area contributed by atoms with Gasteiger partial charge in [-0.2, -0.15) is 0 Å². The molecule has 0 radical (unpaired) electrons. The Kier molecular flexibility index (Phi) is 6.47. The maximum absolute atomic E-state index is 9.77. The number of hydrogen-bond acceptors (Lipinski definition) is 3. The summed E-state index contributed by atoms with van der Waals surface area (Å²) in [4.78, 5) is 0. The van der Waals surface area contributed by atoms with Crippen molar-refractivity contribution in [2.24, 2.45) is 0 Å². The molecule has 0 aliphatic carbocycles. The highest BCUT2D eigenvalue weighted by Gasteiger charge is 2.07. The molecule has 1 rings (SSSR count). The van der Waals surface area contributed by atoms with Crippen molar-refractivity contribution in [1.29, 1.82) is 0 Å². The van der Waals surface area contributed by atoms with E-state index < -0.39 is 6.10 Å². The predicted octanol–water partition coefficient (Wildman–Crippen LogP) is 2.46. The minimum Gasteiger partial charge on any atom is -0.490 e. The van der Waals surface area contributed by atoms with Gasteiger partial charge in [-0.1, -0.05) is 44.2 Å². The van der Waals surface area contributed by atoms with Crippen LogP contribution in [0.25, 0.3) is 6.08 Å². The Labute approximate surface area is 109 Å². The highest BCUT2D eigenvalue weighted by atomic mass is 16.5. The molecule has 0 saturated heterocycles. The van der Waals surface area contributed by atoms with Crippen LogP contribution in [0.4, 0.5) is 0 Å². The van der Waals surface area contributed by atoms with Crippen molar-refractivity contribution in [1.82, 2.24) is 5.32 Å². The standard InChI is InChI=1S/C15H23NO2/c1-4-7-13-8-5-6-9-15(13)18-11-14(17)10-16-12(2)3/h4-9,12,14,16-17H,10-11H2,1-3H3. The largest absolute Gasteiger partial charge is 0.490 e. The molecule has 100 valence electrons. The first-order chi connectivity index (χ1) is 8.63. The van der Waals surface area contributed by atoms with Crippen molar-refractivity contribution >= 4 is 6.08 Å². The monoisotopic (exact) mass is 249 g/mol. The normalized spacial score (nSPS) is 13.2. The zero-order chi connectivity index (χ0) is 13.4. The summed E-state index contributed by atoms with van der Waals surface area (Å²) in [7, 11) is 0. The van der Waals surface area contributed by atoms with Crippen molar-refractivity contribution in [2.45, 2.75) is 32.9 Å². The Morgan fingerprint density at radius 1 is 1.33 bits per heavy atom. The van der Waals surface area contributed by atoms with Gasteiger partial charge in [-0.25, -0.2) is 0 Å². The fourth-order valence-corrected chi connectivity index (χ4v) is 1.55. The summed E-state index contributed by atoms with van der Waals surface area (Å²) >= 11 is 0. The third-order valence-electron chi connectivity index (χ3n) is 2.46. The average Bonchev–Trinajstić information content (AvgIpc) is 2.35. The summed E-state index contributed by atoms with van der Waals surface area (Å²) < 4.78 is 5.64. The summed E-state index contributed by atoms with van der Waals surface area (Å²) in [6, 6.07) is 8.18. The number of benzene rings is 1. The Hall–Kier alpha value is -1.32. The lowest BCUT2D eigenvalue weighted by atomic mass is 10.2. The van der Waals surface area contributed by atoms with Crippen molar-refractivity contribution in [3.63, 3.8) is 0 Å². The van der Waals surface area contributed by atoms with Crippen molar-refractivity contribution < 1.29 is 9.84 Å². The van der Waals surface area contributed by atoms with Gasteiger partial charge in [0.25, 0.3) is 0 Å². The first-order valence-electron chi connectivity index (χ1n) is 6.39. The van der Waals surface area contributed by atoms with Crippen molar-refractivity contribution in [3.05, 3.63) is 35.9 Å². The van der Waals surface area contributed by atoms with E-state index >= 15 is 0 Å². The number of rotatable bonds is 7.